The SMILES string of the molecule is CC/C=C\C/C=C\C/C=C\C/C=C\C/C=C\C/C=C\CCCCCCCCCCCCC(=O)OCC(COC(=O)CCCCCCC/C=C\CCCCCCC)OC(=O)CCCCCCCCCCC/C=C\CCCCCCCCCC. The Morgan fingerprint density at radius 2 is 0.476 bits per heavy atom. The predicted molar refractivity (Wildman–Crippen MR) is 357 cm³/mol. The van der Waals surface area contributed by atoms with Crippen LogP contribution in [0.3, 0.4) is 0 Å². The zero-order valence-corrected chi connectivity index (χ0v) is 54.2. The second-order valence-corrected chi connectivity index (χ2v) is 23.4. The van der Waals surface area contributed by atoms with E-state index >= 15 is 0 Å². The monoisotopic (exact) mass is 1140 g/mol. The van der Waals surface area contributed by atoms with Crippen molar-refractivity contribution < 1.29 is 28.6 Å². The predicted octanol–water partition coefficient (Wildman–Crippen LogP) is 24.4. The summed E-state index contributed by atoms with van der Waals surface area (Å²) >= 11 is 0. The van der Waals surface area contributed by atoms with Gasteiger partial charge in [-0.15, -0.1) is 0 Å². The van der Waals surface area contributed by atoms with E-state index in [1.165, 1.54) is 205 Å². The molecular weight excluding hydrogens is 1010 g/mol. The lowest BCUT2D eigenvalue weighted by Crippen LogP contribution is -2.30. The average Bonchev–Trinajstić information content (AvgIpc) is 3.47. The van der Waals surface area contributed by atoms with E-state index in [1.54, 1.807) is 0 Å². The fourth-order valence-corrected chi connectivity index (χ4v) is 10.0. The van der Waals surface area contributed by atoms with E-state index in [4.69, 9.17) is 14.2 Å². The highest BCUT2D eigenvalue weighted by Crippen LogP contribution is 2.17. The third-order valence-corrected chi connectivity index (χ3v) is 15.3. The number of allylic oxidation sites excluding steroid dienone is 16. The van der Waals surface area contributed by atoms with E-state index in [2.05, 4.69) is 118 Å². The molecule has 0 fully saturated rings. The van der Waals surface area contributed by atoms with Crippen molar-refractivity contribution in [1.29, 1.82) is 0 Å². The summed E-state index contributed by atoms with van der Waals surface area (Å²) < 4.78 is 17.0. The van der Waals surface area contributed by atoms with Gasteiger partial charge in [-0.3, -0.25) is 14.4 Å². The van der Waals surface area contributed by atoms with Crippen LogP contribution in [-0.4, -0.2) is 37.2 Å². The highest BCUT2D eigenvalue weighted by atomic mass is 16.6. The highest BCUT2D eigenvalue weighted by molar-refractivity contribution is 5.71. The normalized spacial score (nSPS) is 12.7. The summed E-state index contributed by atoms with van der Waals surface area (Å²) in [5, 5.41) is 0. The minimum absolute atomic E-state index is 0.0812. The largest absolute Gasteiger partial charge is 0.462 e. The molecule has 82 heavy (non-hydrogen) atoms. The van der Waals surface area contributed by atoms with E-state index in [0.29, 0.717) is 19.3 Å². The van der Waals surface area contributed by atoms with Crippen molar-refractivity contribution in [2.45, 2.75) is 354 Å². The molecule has 0 aliphatic carbocycles. The van der Waals surface area contributed by atoms with Crippen molar-refractivity contribution >= 4 is 17.9 Å². The first kappa shape index (κ1) is 78.3. The van der Waals surface area contributed by atoms with E-state index in [0.717, 1.165) is 103 Å². The molecule has 0 aromatic heterocycles. The van der Waals surface area contributed by atoms with Gasteiger partial charge in [0.05, 0.1) is 0 Å². The van der Waals surface area contributed by atoms with Gasteiger partial charge < -0.3 is 14.2 Å². The third-order valence-electron chi connectivity index (χ3n) is 15.3. The summed E-state index contributed by atoms with van der Waals surface area (Å²) in [6, 6.07) is 0. The maximum absolute atomic E-state index is 13.0. The third kappa shape index (κ3) is 67.1. The van der Waals surface area contributed by atoms with Crippen LogP contribution in [-0.2, 0) is 28.6 Å². The Hall–Kier alpha value is -3.67. The average molecular weight is 1140 g/mol. The Morgan fingerprint density at radius 3 is 0.756 bits per heavy atom. The van der Waals surface area contributed by atoms with Crippen LogP contribution in [0.5, 0.6) is 0 Å². The first-order chi connectivity index (χ1) is 40.5. The molecule has 0 spiro atoms. The van der Waals surface area contributed by atoms with Gasteiger partial charge in [0.15, 0.2) is 6.10 Å². The lowest BCUT2D eigenvalue weighted by Gasteiger charge is -2.18. The molecule has 6 heteroatoms. The van der Waals surface area contributed by atoms with Crippen LogP contribution in [0.2, 0.25) is 0 Å². The Balaban J connectivity index is 4.31. The number of carbonyl (C=O) groups is 3. The maximum atomic E-state index is 13.0. The number of rotatable bonds is 64. The molecule has 0 radical (unpaired) electrons. The Bertz CT molecular complexity index is 1590. The molecule has 0 N–H and O–H groups in total. The summed E-state index contributed by atoms with van der Waals surface area (Å²) in [7, 11) is 0. The summed E-state index contributed by atoms with van der Waals surface area (Å²) in [5.74, 6) is -0.880. The molecule has 0 aromatic rings. The molecule has 0 saturated carbocycles. The molecule has 0 saturated heterocycles. The molecule has 0 aliphatic rings. The molecule has 1 atom stereocenters. The molecule has 0 aliphatic heterocycles. The number of unbranched alkanes of at least 4 members (excludes halogenated alkanes) is 37. The van der Waals surface area contributed by atoms with Crippen LogP contribution in [0, 0.1) is 0 Å². The zero-order valence-electron chi connectivity index (χ0n) is 54.2. The fourth-order valence-electron chi connectivity index (χ4n) is 10.0. The van der Waals surface area contributed by atoms with E-state index in [-0.39, 0.29) is 31.1 Å². The Labute approximate surface area is 508 Å². The minimum Gasteiger partial charge on any atom is -0.462 e. The van der Waals surface area contributed by atoms with Gasteiger partial charge in [-0.2, -0.15) is 0 Å². The molecule has 472 valence electrons. The number of hydrogen-bond donors (Lipinski definition) is 0. The molecule has 0 bridgehead atoms. The van der Waals surface area contributed by atoms with E-state index in [9.17, 15) is 14.4 Å². The number of hydrogen-bond acceptors (Lipinski definition) is 6. The molecular formula is C76H132O6. The fraction of sp³-hybridized carbons (Fsp3) is 0.750. The number of esters is 3. The van der Waals surface area contributed by atoms with Gasteiger partial charge in [-0.25, -0.2) is 0 Å². The van der Waals surface area contributed by atoms with Crippen LogP contribution < -0.4 is 0 Å². The van der Waals surface area contributed by atoms with Crippen LogP contribution in [0.25, 0.3) is 0 Å². The molecule has 6 nitrogen and oxygen atoms in total. The van der Waals surface area contributed by atoms with Crippen molar-refractivity contribution in [3.63, 3.8) is 0 Å². The minimum atomic E-state index is -0.785. The quantitative estimate of drug-likeness (QED) is 0.0261. The van der Waals surface area contributed by atoms with E-state index in [1.807, 2.05) is 0 Å². The Kier molecular flexibility index (Phi) is 66.7. The van der Waals surface area contributed by atoms with Gasteiger partial charge in [0, 0.05) is 19.3 Å². The first-order valence-corrected chi connectivity index (χ1v) is 35.2. The van der Waals surface area contributed by atoms with Gasteiger partial charge >= 0.3 is 17.9 Å². The lowest BCUT2D eigenvalue weighted by molar-refractivity contribution is -0.167. The Morgan fingerprint density at radius 1 is 0.256 bits per heavy atom. The van der Waals surface area contributed by atoms with Crippen molar-refractivity contribution in [1.82, 2.24) is 0 Å². The standard InChI is InChI=1S/C76H132O6/c1-4-7-10-13-16-19-22-25-28-30-32-34-35-36-37-38-39-40-41-43-44-46-48-51-54-57-60-63-66-69-75(78)81-72-73(71-80-74(77)68-65-62-59-56-53-50-27-24-21-18-15-12-9-6-3)82-76(79)70-67-64-61-58-55-52-49-47-45-42-33-31-29-26-23-20-17-14-11-8-5-2/h7,10,16,19,24-25,27-28,31-34,36-37,39-40,73H,4-6,8-9,11-15,17-18,20-23,26,29-30,35,38,41-72H2,1-3H3/b10-7-,19-16-,27-24-,28-25-,33-31-,34-32-,37-36-,40-39-. The maximum Gasteiger partial charge on any atom is 0.306 e. The zero-order chi connectivity index (χ0) is 59.2. The van der Waals surface area contributed by atoms with Crippen molar-refractivity contribution in [3.05, 3.63) is 97.2 Å². The molecule has 0 amide bonds. The van der Waals surface area contributed by atoms with Crippen LogP contribution >= 0.6 is 0 Å². The van der Waals surface area contributed by atoms with Gasteiger partial charge in [0.25, 0.3) is 0 Å². The molecule has 0 rings (SSSR count). The summed E-state index contributed by atoms with van der Waals surface area (Å²) in [6.45, 7) is 6.55. The van der Waals surface area contributed by atoms with Crippen LogP contribution in [0.15, 0.2) is 97.2 Å². The van der Waals surface area contributed by atoms with E-state index < -0.39 is 6.10 Å². The molecule has 0 heterocycles. The number of ether oxygens (including phenoxy) is 3. The lowest BCUT2D eigenvalue weighted by atomic mass is 10.0. The van der Waals surface area contributed by atoms with Crippen molar-refractivity contribution in [2.24, 2.45) is 0 Å². The van der Waals surface area contributed by atoms with Gasteiger partial charge in [0.1, 0.15) is 13.2 Å². The van der Waals surface area contributed by atoms with Crippen LogP contribution in [0.4, 0.5) is 0 Å². The van der Waals surface area contributed by atoms with Gasteiger partial charge in [-0.1, -0.05) is 304 Å². The highest BCUT2D eigenvalue weighted by Gasteiger charge is 2.19. The second kappa shape index (κ2) is 69.8. The molecule has 0 aromatic carbocycles. The first-order valence-electron chi connectivity index (χ1n) is 35.2. The van der Waals surface area contributed by atoms with Gasteiger partial charge in [-0.05, 0) is 122 Å². The van der Waals surface area contributed by atoms with Crippen molar-refractivity contribution in [3.8, 4) is 0 Å². The van der Waals surface area contributed by atoms with Gasteiger partial charge in [0.2, 0.25) is 0 Å². The second-order valence-electron chi connectivity index (χ2n) is 23.4. The summed E-state index contributed by atoms with van der Waals surface area (Å²) in [5.41, 5.74) is 0. The summed E-state index contributed by atoms with van der Waals surface area (Å²) in [4.78, 5) is 38.4. The van der Waals surface area contributed by atoms with Crippen molar-refractivity contribution in [2.75, 3.05) is 13.2 Å². The number of carbonyl (C=O) groups excluding carboxylic acids is 3. The summed E-state index contributed by atoms with van der Waals surface area (Å²) in [6.07, 6.45) is 94.3. The molecule has 1 unspecified atom stereocenters. The smallest absolute Gasteiger partial charge is 0.306 e. The van der Waals surface area contributed by atoms with Crippen LogP contribution in [0.1, 0.15) is 348 Å². The topological polar surface area (TPSA) is 78.9 Å².